The number of hydrogen-bond acceptors (Lipinski definition) is 5. The number of carbonyl (C=O) groups is 2. The Morgan fingerprint density at radius 2 is 2.15 bits per heavy atom. The summed E-state index contributed by atoms with van der Waals surface area (Å²) in [6, 6.07) is 5.00. The third-order valence-corrected chi connectivity index (χ3v) is 4.79. The molecule has 1 saturated heterocycles. The summed E-state index contributed by atoms with van der Waals surface area (Å²) in [5.41, 5.74) is 6.34. The van der Waals surface area contributed by atoms with Crippen LogP contribution in [-0.2, 0) is 16.1 Å². The maximum atomic E-state index is 11.8. The van der Waals surface area contributed by atoms with Gasteiger partial charge in [0, 0.05) is 23.5 Å². The molecule has 1 fully saturated rings. The second-order valence-corrected chi connectivity index (χ2v) is 5.83. The molecule has 104 valence electrons. The molecule has 3 heterocycles. The van der Waals surface area contributed by atoms with Crippen molar-refractivity contribution >= 4 is 23.6 Å². The molecule has 6 nitrogen and oxygen atoms in total. The predicted molar refractivity (Wildman–Crippen MR) is 69.7 cm³/mol. The number of rotatable bonds is 3. The third kappa shape index (κ3) is 1.99. The molecular weight excluding hydrogens is 278 g/mol. The second kappa shape index (κ2) is 4.92. The van der Waals surface area contributed by atoms with E-state index >= 15 is 0 Å². The summed E-state index contributed by atoms with van der Waals surface area (Å²) in [5, 5.41) is 11.1. The summed E-state index contributed by atoms with van der Waals surface area (Å²) in [7, 11) is 0. The van der Waals surface area contributed by atoms with E-state index < -0.39 is 12.0 Å². The van der Waals surface area contributed by atoms with Crippen molar-refractivity contribution in [3.8, 4) is 0 Å². The van der Waals surface area contributed by atoms with Crippen molar-refractivity contribution in [1.29, 1.82) is 0 Å². The van der Waals surface area contributed by atoms with Gasteiger partial charge in [0.2, 0.25) is 5.91 Å². The molecule has 20 heavy (non-hydrogen) atoms. The standard InChI is InChI=1S/C13H13N3O3S/c14-9-11(17)16-10(13(18)19)8(7-20-12(9)16)6-15-4-2-1-3-5-15/h1-5,9,12H,6-7,14H2/t9-,12-/m1/s1. The van der Waals surface area contributed by atoms with Crippen LogP contribution in [0.25, 0.3) is 0 Å². The van der Waals surface area contributed by atoms with E-state index in [1.165, 1.54) is 16.7 Å². The number of β-lactam (4-membered cyclic amide) rings is 1. The van der Waals surface area contributed by atoms with Crippen molar-refractivity contribution < 1.29 is 19.3 Å². The number of amides is 1. The van der Waals surface area contributed by atoms with Crippen LogP contribution in [0.5, 0.6) is 0 Å². The Bertz CT molecular complexity index is 602. The van der Waals surface area contributed by atoms with E-state index in [0.717, 1.165) is 0 Å². The van der Waals surface area contributed by atoms with Gasteiger partial charge in [-0.25, -0.2) is 4.57 Å². The highest BCUT2D eigenvalue weighted by atomic mass is 32.2. The maximum Gasteiger partial charge on any atom is 0.248 e. The lowest BCUT2D eigenvalue weighted by molar-refractivity contribution is -0.689. The van der Waals surface area contributed by atoms with Gasteiger partial charge in [-0.05, 0) is 0 Å². The van der Waals surface area contributed by atoms with Gasteiger partial charge in [-0.2, -0.15) is 0 Å². The number of pyridine rings is 1. The minimum atomic E-state index is -1.32. The summed E-state index contributed by atoms with van der Waals surface area (Å²) < 4.78 is 1.86. The van der Waals surface area contributed by atoms with Gasteiger partial charge in [0.25, 0.3) is 0 Å². The summed E-state index contributed by atoms with van der Waals surface area (Å²) in [5.74, 6) is -1.13. The molecule has 0 aromatic carbocycles. The number of aromatic nitrogens is 1. The Morgan fingerprint density at radius 3 is 2.80 bits per heavy atom. The molecule has 3 rings (SSSR count). The van der Waals surface area contributed by atoms with Crippen molar-refractivity contribution in [2.75, 3.05) is 5.75 Å². The van der Waals surface area contributed by atoms with Crippen LogP contribution >= 0.6 is 11.8 Å². The number of fused-ring (bicyclic) bond motifs is 1. The Balaban J connectivity index is 1.94. The summed E-state index contributed by atoms with van der Waals surface area (Å²) in [4.78, 5) is 24.4. The lowest BCUT2D eigenvalue weighted by Gasteiger charge is -2.49. The van der Waals surface area contributed by atoms with Crippen molar-refractivity contribution in [3.05, 3.63) is 41.9 Å². The molecule has 0 aliphatic carbocycles. The number of nitrogens with zero attached hydrogens (tertiary/aromatic N) is 2. The van der Waals surface area contributed by atoms with E-state index in [9.17, 15) is 14.7 Å². The maximum absolute atomic E-state index is 11.8. The zero-order valence-electron chi connectivity index (χ0n) is 10.6. The third-order valence-electron chi connectivity index (χ3n) is 3.43. The van der Waals surface area contributed by atoms with Crippen LogP contribution in [0.1, 0.15) is 0 Å². The Labute approximate surface area is 119 Å². The largest absolute Gasteiger partial charge is 0.543 e. The smallest absolute Gasteiger partial charge is 0.248 e. The molecule has 0 radical (unpaired) electrons. The van der Waals surface area contributed by atoms with Gasteiger partial charge in [0.15, 0.2) is 18.9 Å². The molecule has 1 amide bonds. The van der Waals surface area contributed by atoms with Crippen molar-refractivity contribution in [1.82, 2.24) is 4.90 Å². The number of carbonyl (C=O) groups excluding carboxylic acids is 2. The SMILES string of the molecule is N[C@@H]1C(=O)N2C(C(=O)[O-])=C(C[n+]3ccccc3)CS[C@H]12. The predicted octanol–water partition coefficient (Wildman–Crippen LogP) is -1.78. The topological polar surface area (TPSA) is 90.3 Å². The lowest BCUT2D eigenvalue weighted by Crippen LogP contribution is -2.69. The van der Waals surface area contributed by atoms with Gasteiger partial charge in [0.05, 0.1) is 11.7 Å². The van der Waals surface area contributed by atoms with E-state index in [4.69, 9.17) is 5.73 Å². The number of nitrogens with two attached hydrogens (primary N) is 1. The van der Waals surface area contributed by atoms with Crippen LogP contribution in [0.3, 0.4) is 0 Å². The van der Waals surface area contributed by atoms with Gasteiger partial charge in [-0.3, -0.25) is 9.69 Å². The minimum absolute atomic E-state index is 0.0168. The summed E-state index contributed by atoms with van der Waals surface area (Å²) in [6.45, 7) is 0.420. The fraction of sp³-hybridized carbons (Fsp3) is 0.308. The van der Waals surface area contributed by atoms with Crippen LogP contribution in [0.4, 0.5) is 0 Å². The molecule has 1 aromatic rings. The fourth-order valence-corrected chi connectivity index (χ4v) is 3.73. The molecule has 0 unspecified atom stereocenters. The summed E-state index contributed by atoms with van der Waals surface area (Å²) >= 11 is 1.49. The van der Waals surface area contributed by atoms with Gasteiger partial charge in [-0.15, -0.1) is 11.8 Å². The molecule has 2 aliphatic rings. The molecular formula is C13H13N3O3S. The Hall–Kier alpha value is -1.86. The molecule has 2 N–H and O–H groups in total. The highest BCUT2D eigenvalue weighted by molar-refractivity contribution is 8.00. The molecule has 7 heteroatoms. The normalized spacial score (nSPS) is 25.2. The van der Waals surface area contributed by atoms with Gasteiger partial charge < -0.3 is 15.6 Å². The van der Waals surface area contributed by atoms with E-state index in [1.54, 1.807) is 0 Å². The fourth-order valence-electron chi connectivity index (χ4n) is 2.45. The highest BCUT2D eigenvalue weighted by Gasteiger charge is 2.50. The number of thioether (sulfide) groups is 1. The molecule has 0 bridgehead atoms. The Morgan fingerprint density at radius 1 is 1.45 bits per heavy atom. The van der Waals surface area contributed by atoms with E-state index in [2.05, 4.69) is 0 Å². The van der Waals surface area contributed by atoms with Gasteiger partial charge in [0.1, 0.15) is 11.4 Å². The molecule has 1 aromatic heterocycles. The zero-order valence-corrected chi connectivity index (χ0v) is 11.4. The Kier molecular flexibility index (Phi) is 3.23. The quantitative estimate of drug-likeness (QED) is 0.525. The number of aliphatic carboxylic acids is 1. The van der Waals surface area contributed by atoms with Crippen LogP contribution in [-0.4, -0.2) is 33.9 Å². The highest BCUT2D eigenvalue weighted by Crippen LogP contribution is 2.39. The van der Waals surface area contributed by atoms with E-state index in [-0.39, 0.29) is 17.0 Å². The first-order chi connectivity index (χ1) is 9.59. The van der Waals surface area contributed by atoms with Crippen LogP contribution in [0, 0.1) is 0 Å². The van der Waals surface area contributed by atoms with Gasteiger partial charge >= 0.3 is 0 Å². The van der Waals surface area contributed by atoms with Crippen LogP contribution in [0.2, 0.25) is 0 Å². The first-order valence-corrected chi connectivity index (χ1v) is 7.22. The van der Waals surface area contributed by atoms with Crippen LogP contribution in [0.15, 0.2) is 41.9 Å². The number of carboxylic acids is 1. The van der Waals surface area contributed by atoms with E-state index in [0.29, 0.717) is 17.9 Å². The second-order valence-electron chi connectivity index (χ2n) is 4.72. The van der Waals surface area contributed by atoms with Crippen LogP contribution < -0.4 is 15.4 Å². The molecule has 2 aliphatic heterocycles. The average Bonchev–Trinajstić information content (AvgIpc) is 2.46. The monoisotopic (exact) mass is 291 g/mol. The van der Waals surface area contributed by atoms with Crippen molar-refractivity contribution in [3.63, 3.8) is 0 Å². The molecule has 2 atom stereocenters. The first-order valence-electron chi connectivity index (χ1n) is 6.17. The average molecular weight is 291 g/mol. The van der Waals surface area contributed by atoms with Gasteiger partial charge in [-0.1, -0.05) is 6.07 Å². The number of hydrogen-bond donors (Lipinski definition) is 1. The minimum Gasteiger partial charge on any atom is -0.543 e. The summed E-state index contributed by atoms with van der Waals surface area (Å²) in [6.07, 6.45) is 3.70. The van der Waals surface area contributed by atoms with Crippen molar-refractivity contribution in [2.24, 2.45) is 5.73 Å². The zero-order chi connectivity index (χ0) is 14.3. The lowest BCUT2D eigenvalue weighted by atomic mass is 10.0. The molecule has 0 saturated carbocycles. The first kappa shape index (κ1) is 13.1. The number of carboxylic acid groups (broad SMARTS) is 1. The van der Waals surface area contributed by atoms with Crippen molar-refractivity contribution in [2.45, 2.75) is 18.0 Å². The van der Waals surface area contributed by atoms with E-state index in [1.807, 2.05) is 35.2 Å². The molecule has 0 spiro atoms.